The van der Waals surface area contributed by atoms with E-state index in [1.54, 1.807) is 11.8 Å². The predicted octanol–water partition coefficient (Wildman–Crippen LogP) is 5.91. The first kappa shape index (κ1) is 26.6. The summed E-state index contributed by atoms with van der Waals surface area (Å²) in [6.07, 6.45) is 7.07. The van der Waals surface area contributed by atoms with Gasteiger partial charge in [-0.2, -0.15) is 0 Å². The molecule has 1 saturated carbocycles. The molecule has 0 radical (unpaired) electrons. The second-order valence-electron chi connectivity index (χ2n) is 9.63. The zero-order valence-corrected chi connectivity index (χ0v) is 22.8. The lowest BCUT2D eigenvalue weighted by atomic mass is 9.93. The highest BCUT2D eigenvalue weighted by Gasteiger charge is 2.41. The zero-order valence-electron chi connectivity index (χ0n) is 21.2. The van der Waals surface area contributed by atoms with Crippen molar-refractivity contribution in [3.63, 3.8) is 0 Å². The van der Waals surface area contributed by atoms with Crippen molar-refractivity contribution in [2.75, 3.05) is 31.1 Å². The van der Waals surface area contributed by atoms with Gasteiger partial charge < -0.3 is 15.1 Å². The molecule has 0 spiro atoms. The Balaban J connectivity index is 1.35. The van der Waals surface area contributed by atoms with Gasteiger partial charge in [0.15, 0.2) is 0 Å². The number of benzene rings is 2. The van der Waals surface area contributed by atoms with Gasteiger partial charge in [-0.05, 0) is 74.6 Å². The van der Waals surface area contributed by atoms with Crippen LogP contribution in [0.15, 0.2) is 53.4 Å². The molecule has 2 aromatic rings. The summed E-state index contributed by atoms with van der Waals surface area (Å²) in [7, 11) is 0. The van der Waals surface area contributed by atoms with Crippen LogP contribution < -0.4 is 10.2 Å². The van der Waals surface area contributed by atoms with Crippen LogP contribution in [-0.2, 0) is 9.59 Å². The maximum atomic E-state index is 13.5. The summed E-state index contributed by atoms with van der Waals surface area (Å²) in [4.78, 5) is 31.2. The molecule has 1 aliphatic heterocycles. The summed E-state index contributed by atoms with van der Waals surface area (Å²) in [5, 5.41) is 4.04. The minimum absolute atomic E-state index is 0.0464. The van der Waals surface area contributed by atoms with E-state index in [0.717, 1.165) is 44.3 Å². The van der Waals surface area contributed by atoms with Crippen molar-refractivity contribution in [1.29, 1.82) is 0 Å². The number of nitrogens with one attached hydrogen (secondary N) is 1. The molecular weight excluding hydrogens is 490 g/mol. The van der Waals surface area contributed by atoms with E-state index in [4.69, 9.17) is 11.6 Å². The van der Waals surface area contributed by atoms with E-state index in [9.17, 15) is 9.59 Å². The normalized spacial score (nSPS) is 20.8. The summed E-state index contributed by atoms with van der Waals surface area (Å²) in [5.74, 6) is -0.129. The Morgan fingerprint density at radius 3 is 2.78 bits per heavy atom. The Morgan fingerprint density at radius 2 is 2.00 bits per heavy atom. The summed E-state index contributed by atoms with van der Waals surface area (Å²) in [6.45, 7) is 6.75. The van der Waals surface area contributed by atoms with Crippen LogP contribution in [0.2, 0.25) is 5.02 Å². The summed E-state index contributed by atoms with van der Waals surface area (Å²) in [5.41, 5.74) is 3.36. The van der Waals surface area contributed by atoms with Gasteiger partial charge in [-0.1, -0.05) is 48.7 Å². The van der Waals surface area contributed by atoms with Crippen LogP contribution in [0.25, 0.3) is 6.08 Å². The van der Waals surface area contributed by atoms with Crippen LogP contribution in [0.5, 0.6) is 0 Å². The van der Waals surface area contributed by atoms with Gasteiger partial charge >= 0.3 is 0 Å². The average molecular weight is 526 g/mol. The molecule has 192 valence electrons. The number of anilines is 1. The molecule has 5 nitrogen and oxygen atoms in total. The van der Waals surface area contributed by atoms with Crippen molar-refractivity contribution in [3.05, 3.63) is 69.6 Å². The van der Waals surface area contributed by atoms with Gasteiger partial charge in [0.1, 0.15) is 6.54 Å². The smallest absolute Gasteiger partial charge is 0.261 e. The third-order valence-corrected chi connectivity index (χ3v) is 8.59. The van der Waals surface area contributed by atoms with Gasteiger partial charge in [-0.15, -0.1) is 11.8 Å². The number of carbonyl (C=O) groups excluding carboxylic acids is 2. The number of hydrogen-bond acceptors (Lipinski definition) is 4. The quantitative estimate of drug-likeness (QED) is 0.326. The van der Waals surface area contributed by atoms with E-state index in [2.05, 4.69) is 48.3 Å². The minimum atomic E-state index is -0.0831. The molecule has 2 aromatic carbocycles. The SMILES string of the molecule is CCN(CCCNC(=O)CN1C(=O)/C(=C/c2cccc(Cl)c2)SC2CCCCC21)c1cccc(C)c1. The highest BCUT2D eigenvalue weighted by molar-refractivity contribution is 8.04. The van der Waals surface area contributed by atoms with E-state index in [-0.39, 0.29) is 24.4 Å². The molecule has 0 aromatic heterocycles. The third-order valence-electron chi connectivity index (χ3n) is 6.95. The van der Waals surface area contributed by atoms with Crippen molar-refractivity contribution < 1.29 is 9.59 Å². The Hall–Kier alpha value is -2.44. The molecule has 1 N–H and O–H groups in total. The molecule has 1 heterocycles. The number of amides is 2. The first-order valence-electron chi connectivity index (χ1n) is 13.0. The van der Waals surface area contributed by atoms with E-state index in [1.165, 1.54) is 17.7 Å². The molecule has 2 aliphatic rings. The number of rotatable bonds is 9. The molecule has 1 aliphatic carbocycles. The number of hydrogen-bond donors (Lipinski definition) is 1. The number of thioether (sulfide) groups is 1. The van der Waals surface area contributed by atoms with Gasteiger partial charge in [-0.25, -0.2) is 0 Å². The van der Waals surface area contributed by atoms with Gasteiger partial charge in [0, 0.05) is 41.6 Å². The highest BCUT2D eigenvalue weighted by atomic mass is 35.5. The predicted molar refractivity (Wildman–Crippen MR) is 151 cm³/mol. The van der Waals surface area contributed by atoms with Gasteiger partial charge in [-0.3, -0.25) is 9.59 Å². The molecule has 1 saturated heterocycles. The zero-order chi connectivity index (χ0) is 25.5. The monoisotopic (exact) mass is 525 g/mol. The van der Waals surface area contributed by atoms with E-state index in [1.807, 2.05) is 35.2 Å². The van der Waals surface area contributed by atoms with Gasteiger partial charge in [0.05, 0.1) is 4.91 Å². The molecular formula is C29H36ClN3O2S. The van der Waals surface area contributed by atoms with Crippen molar-refractivity contribution in [1.82, 2.24) is 10.2 Å². The van der Waals surface area contributed by atoms with Gasteiger partial charge in [0.25, 0.3) is 5.91 Å². The topological polar surface area (TPSA) is 52.7 Å². The molecule has 7 heteroatoms. The largest absolute Gasteiger partial charge is 0.372 e. The standard InChI is InChI=1S/C29H36ClN3O2S/c1-3-32(24-12-6-9-21(2)17-24)16-8-15-31-28(34)20-33-25-13-4-5-14-26(25)36-27(29(33)35)19-22-10-7-11-23(30)18-22/h6-7,9-12,17-19,25-26H,3-5,8,13-16,20H2,1-2H3,(H,31,34)/b27-19-. The molecule has 0 bridgehead atoms. The van der Waals surface area contributed by atoms with Crippen LogP contribution >= 0.6 is 23.4 Å². The lowest BCUT2D eigenvalue weighted by Gasteiger charge is -2.43. The van der Waals surface area contributed by atoms with E-state index < -0.39 is 0 Å². The average Bonchev–Trinajstić information content (AvgIpc) is 2.86. The van der Waals surface area contributed by atoms with Crippen molar-refractivity contribution in [2.45, 2.75) is 57.2 Å². The maximum absolute atomic E-state index is 13.5. The maximum Gasteiger partial charge on any atom is 0.261 e. The van der Waals surface area contributed by atoms with E-state index in [0.29, 0.717) is 21.7 Å². The molecule has 2 amide bonds. The van der Waals surface area contributed by atoms with Crippen LogP contribution in [0.4, 0.5) is 5.69 Å². The lowest BCUT2D eigenvalue weighted by molar-refractivity contribution is -0.135. The number of aryl methyl sites for hydroxylation is 1. The van der Waals surface area contributed by atoms with Crippen LogP contribution in [0.1, 0.15) is 50.2 Å². The Kier molecular flexibility index (Phi) is 9.38. The fourth-order valence-corrected chi connectivity index (χ4v) is 6.78. The van der Waals surface area contributed by atoms with Crippen molar-refractivity contribution in [2.24, 2.45) is 0 Å². The van der Waals surface area contributed by atoms with Crippen LogP contribution in [0, 0.1) is 6.92 Å². The van der Waals surface area contributed by atoms with Gasteiger partial charge in [0.2, 0.25) is 5.91 Å². The van der Waals surface area contributed by atoms with Crippen molar-refractivity contribution >= 4 is 46.9 Å². The Morgan fingerprint density at radius 1 is 1.19 bits per heavy atom. The second kappa shape index (κ2) is 12.7. The van der Waals surface area contributed by atoms with Crippen LogP contribution in [0.3, 0.4) is 0 Å². The number of fused-ring (bicyclic) bond motifs is 1. The second-order valence-corrected chi connectivity index (χ2v) is 11.3. The minimum Gasteiger partial charge on any atom is -0.372 e. The third kappa shape index (κ3) is 6.86. The molecule has 2 unspecified atom stereocenters. The highest BCUT2D eigenvalue weighted by Crippen LogP contribution is 2.42. The fourth-order valence-electron chi connectivity index (χ4n) is 5.11. The van der Waals surface area contributed by atoms with E-state index >= 15 is 0 Å². The molecule has 2 fully saturated rings. The number of carbonyl (C=O) groups is 2. The Labute approximate surface area is 224 Å². The summed E-state index contributed by atoms with van der Waals surface area (Å²) in [6, 6.07) is 16.2. The number of nitrogens with zero attached hydrogens (tertiary/aromatic N) is 2. The Bertz CT molecular complexity index is 1110. The fraction of sp³-hybridized carbons (Fsp3) is 0.448. The van der Waals surface area contributed by atoms with Crippen LogP contribution in [-0.4, -0.2) is 54.2 Å². The lowest BCUT2D eigenvalue weighted by Crippen LogP contribution is -2.54. The van der Waals surface area contributed by atoms with Crippen molar-refractivity contribution in [3.8, 4) is 0 Å². The molecule has 4 rings (SSSR count). The molecule has 36 heavy (non-hydrogen) atoms. The number of halogens is 1. The first-order chi connectivity index (χ1) is 17.4. The summed E-state index contributed by atoms with van der Waals surface area (Å²) < 4.78 is 0. The molecule has 2 atom stereocenters. The first-order valence-corrected chi connectivity index (χ1v) is 14.2. The summed E-state index contributed by atoms with van der Waals surface area (Å²) >= 11 is 7.82.